The summed E-state index contributed by atoms with van der Waals surface area (Å²) in [6, 6.07) is 5.55. The number of aliphatic carboxylic acids is 1. The molecule has 0 aliphatic carbocycles. The van der Waals surface area contributed by atoms with Crippen LogP contribution in [0.15, 0.2) is 22.7 Å². The summed E-state index contributed by atoms with van der Waals surface area (Å²) in [7, 11) is 0. The van der Waals surface area contributed by atoms with E-state index in [1.165, 1.54) is 0 Å². The number of carbonyl (C=O) groups is 2. The molecule has 6 nitrogen and oxygen atoms in total. The van der Waals surface area contributed by atoms with Gasteiger partial charge in [0.15, 0.2) is 0 Å². The van der Waals surface area contributed by atoms with Gasteiger partial charge in [-0.3, -0.25) is 4.79 Å². The molecule has 0 radical (unpaired) electrons. The Hall–Kier alpha value is -1.60. The number of carbonyl (C=O) groups excluding carboxylic acids is 1. The van der Waals surface area contributed by atoms with E-state index in [4.69, 9.17) is 14.6 Å². The number of halogens is 1. The third kappa shape index (κ3) is 3.71. The predicted molar refractivity (Wildman–Crippen MR) is 73.8 cm³/mol. The van der Waals surface area contributed by atoms with Gasteiger partial charge in [-0.25, -0.2) is 4.79 Å². The van der Waals surface area contributed by atoms with E-state index in [0.29, 0.717) is 6.61 Å². The highest BCUT2D eigenvalue weighted by Gasteiger charge is 2.30. The first-order valence-electron chi connectivity index (χ1n) is 6.07. The summed E-state index contributed by atoms with van der Waals surface area (Å²) in [5, 5.41) is 11.1. The average molecular weight is 344 g/mol. The van der Waals surface area contributed by atoms with Gasteiger partial charge < -0.3 is 19.9 Å². The topological polar surface area (TPSA) is 84.9 Å². The summed E-state index contributed by atoms with van der Waals surface area (Å²) in [6.45, 7) is 0.384. The van der Waals surface area contributed by atoms with Crippen molar-refractivity contribution < 1.29 is 24.2 Å². The maximum Gasteiger partial charge on any atom is 0.329 e. The van der Waals surface area contributed by atoms with Crippen LogP contribution in [-0.4, -0.2) is 43.3 Å². The number of benzene rings is 1. The smallest absolute Gasteiger partial charge is 0.329 e. The van der Waals surface area contributed by atoms with E-state index in [1.807, 2.05) is 18.2 Å². The molecule has 1 aliphatic rings. The van der Waals surface area contributed by atoms with Gasteiger partial charge in [0.2, 0.25) is 5.91 Å². The second-order valence-electron chi connectivity index (χ2n) is 4.28. The molecule has 0 fully saturated rings. The normalized spacial score (nSPS) is 16.4. The van der Waals surface area contributed by atoms with Crippen LogP contribution in [0.1, 0.15) is 11.5 Å². The Balaban J connectivity index is 1.83. The largest absolute Gasteiger partial charge is 0.492 e. The molecule has 20 heavy (non-hydrogen) atoms. The van der Waals surface area contributed by atoms with Crippen molar-refractivity contribution in [3.05, 3.63) is 28.2 Å². The van der Waals surface area contributed by atoms with E-state index in [1.54, 1.807) is 0 Å². The number of fused-ring (bicyclic) bond motifs is 1. The van der Waals surface area contributed by atoms with Gasteiger partial charge in [0.05, 0.1) is 6.61 Å². The molecule has 2 rings (SSSR count). The van der Waals surface area contributed by atoms with Crippen LogP contribution in [0.5, 0.6) is 5.75 Å². The maximum absolute atomic E-state index is 12.0. The SMILES string of the molecule is O=C(O)COCCNC(=O)C1COc2ccc(Br)cc21. The highest BCUT2D eigenvalue weighted by molar-refractivity contribution is 9.10. The number of hydrogen-bond acceptors (Lipinski definition) is 4. The van der Waals surface area contributed by atoms with Gasteiger partial charge in [-0.15, -0.1) is 0 Å². The molecule has 0 saturated carbocycles. The van der Waals surface area contributed by atoms with Gasteiger partial charge in [-0.2, -0.15) is 0 Å². The molecule has 0 aromatic heterocycles. The van der Waals surface area contributed by atoms with Crippen molar-refractivity contribution in [2.75, 3.05) is 26.4 Å². The molecule has 0 saturated heterocycles. The second-order valence-corrected chi connectivity index (χ2v) is 5.20. The van der Waals surface area contributed by atoms with Crippen LogP contribution in [-0.2, 0) is 14.3 Å². The van der Waals surface area contributed by atoms with E-state index in [2.05, 4.69) is 21.2 Å². The molecule has 1 aromatic rings. The van der Waals surface area contributed by atoms with Gasteiger partial charge >= 0.3 is 5.97 Å². The van der Waals surface area contributed by atoms with Crippen molar-refractivity contribution in [1.29, 1.82) is 0 Å². The van der Waals surface area contributed by atoms with Gasteiger partial charge in [-0.05, 0) is 18.2 Å². The number of ether oxygens (including phenoxy) is 2. The molecule has 7 heteroatoms. The highest BCUT2D eigenvalue weighted by atomic mass is 79.9. The summed E-state index contributed by atoms with van der Waals surface area (Å²) < 4.78 is 11.2. The minimum Gasteiger partial charge on any atom is -0.492 e. The molecular formula is C13H14BrNO5. The van der Waals surface area contributed by atoms with Crippen LogP contribution < -0.4 is 10.1 Å². The van der Waals surface area contributed by atoms with E-state index >= 15 is 0 Å². The van der Waals surface area contributed by atoms with Crippen LogP contribution >= 0.6 is 15.9 Å². The second kappa shape index (κ2) is 6.71. The summed E-state index contributed by atoms with van der Waals surface area (Å²) in [5.41, 5.74) is 0.850. The average Bonchev–Trinajstić information content (AvgIpc) is 2.80. The molecule has 0 spiro atoms. The van der Waals surface area contributed by atoms with Crippen molar-refractivity contribution in [2.24, 2.45) is 0 Å². The molecule has 0 bridgehead atoms. The summed E-state index contributed by atoms with van der Waals surface area (Å²) in [4.78, 5) is 22.3. The first kappa shape index (κ1) is 14.8. The number of carboxylic acid groups (broad SMARTS) is 1. The van der Waals surface area contributed by atoms with Gasteiger partial charge in [-0.1, -0.05) is 15.9 Å². The minimum atomic E-state index is -1.03. The van der Waals surface area contributed by atoms with Crippen molar-refractivity contribution in [3.8, 4) is 5.75 Å². The fourth-order valence-corrected chi connectivity index (χ4v) is 2.31. The Morgan fingerprint density at radius 3 is 3.05 bits per heavy atom. The number of carboxylic acids is 1. The van der Waals surface area contributed by atoms with E-state index in [0.717, 1.165) is 15.8 Å². The molecule has 1 unspecified atom stereocenters. The van der Waals surface area contributed by atoms with Crippen LogP contribution in [0.2, 0.25) is 0 Å². The molecule has 1 amide bonds. The van der Waals surface area contributed by atoms with Crippen LogP contribution in [0.25, 0.3) is 0 Å². The minimum absolute atomic E-state index is 0.152. The van der Waals surface area contributed by atoms with Crippen LogP contribution in [0.3, 0.4) is 0 Å². The Bertz CT molecular complexity index is 519. The molecule has 1 atom stereocenters. The number of amides is 1. The Kier molecular flexibility index (Phi) is 4.97. The molecule has 1 aliphatic heterocycles. The summed E-state index contributed by atoms with van der Waals surface area (Å²) >= 11 is 3.37. The number of rotatable bonds is 6. The van der Waals surface area contributed by atoms with Gasteiger partial charge in [0, 0.05) is 16.6 Å². The first-order chi connectivity index (χ1) is 9.58. The van der Waals surface area contributed by atoms with Crippen molar-refractivity contribution >= 4 is 27.8 Å². The third-order valence-electron chi connectivity index (χ3n) is 2.84. The van der Waals surface area contributed by atoms with Crippen molar-refractivity contribution in [2.45, 2.75) is 5.92 Å². The lowest BCUT2D eigenvalue weighted by Crippen LogP contribution is -2.33. The predicted octanol–water partition coefficient (Wildman–Crippen LogP) is 1.14. The van der Waals surface area contributed by atoms with Gasteiger partial charge in [0.25, 0.3) is 0 Å². The third-order valence-corrected chi connectivity index (χ3v) is 3.33. The number of nitrogens with one attached hydrogen (secondary N) is 1. The lowest BCUT2D eigenvalue weighted by molar-refractivity contribution is -0.142. The standard InChI is InChI=1S/C13H14BrNO5/c14-8-1-2-11-9(5-8)10(6-20-11)13(18)15-3-4-19-7-12(16)17/h1-2,5,10H,3-4,6-7H2,(H,15,18)(H,16,17). The van der Waals surface area contributed by atoms with Crippen molar-refractivity contribution in [1.82, 2.24) is 5.32 Å². The molecule has 108 valence electrons. The fraction of sp³-hybridized carbons (Fsp3) is 0.385. The molecule has 1 aromatic carbocycles. The quantitative estimate of drug-likeness (QED) is 0.756. The summed E-state index contributed by atoms with van der Waals surface area (Å²) in [6.07, 6.45) is 0. The summed E-state index contributed by atoms with van der Waals surface area (Å²) in [5.74, 6) is -0.808. The Morgan fingerprint density at radius 2 is 2.30 bits per heavy atom. The van der Waals surface area contributed by atoms with Crippen LogP contribution in [0, 0.1) is 0 Å². The van der Waals surface area contributed by atoms with E-state index in [9.17, 15) is 9.59 Å². The van der Waals surface area contributed by atoms with Gasteiger partial charge in [0.1, 0.15) is 24.9 Å². The maximum atomic E-state index is 12.0. The Morgan fingerprint density at radius 1 is 1.50 bits per heavy atom. The molecule has 2 N–H and O–H groups in total. The van der Waals surface area contributed by atoms with Crippen LogP contribution in [0.4, 0.5) is 0 Å². The zero-order valence-electron chi connectivity index (χ0n) is 10.6. The van der Waals surface area contributed by atoms with E-state index < -0.39 is 5.97 Å². The number of hydrogen-bond donors (Lipinski definition) is 2. The monoisotopic (exact) mass is 343 g/mol. The zero-order chi connectivity index (χ0) is 14.5. The zero-order valence-corrected chi connectivity index (χ0v) is 12.2. The van der Waals surface area contributed by atoms with Crippen molar-refractivity contribution in [3.63, 3.8) is 0 Å². The first-order valence-corrected chi connectivity index (χ1v) is 6.86. The highest BCUT2D eigenvalue weighted by Crippen LogP contribution is 2.35. The molecule has 1 heterocycles. The Labute approximate surface area is 124 Å². The lowest BCUT2D eigenvalue weighted by Gasteiger charge is -2.10. The van der Waals surface area contributed by atoms with E-state index in [-0.39, 0.29) is 31.6 Å². The fourth-order valence-electron chi connectivity index (χ4n) is 1.93. The lowest BCUT2D eigenvalue weighted by atomic mass is 10.0. The molecular weight excluding hydrogens is 330 g/mol.